The van der Waals surface area contributed by atoms with Gasteiger partial charge in [-0.15, -0.1) is 0 Å². The summed E-state index contributed by atoms with van der Waals surface area (Å²) in [5, 5.41) is 0. The summed E-state index contributed by atoms with van der Waals surface area (Å²) in [6.07, 6.45) is 0. The first-order chi connectivity index (χ1) is 10.1. The van der Waals surface area contributed by atoms with E-state index in [2.05, 4.69) is 15.9 Å². The van der Waals surface area contributed by atoms with Crippen LogP contribution in [0.4, 0.5) is 0 Å². The summed E-state index contributed by atoms with van der Waals surface area (Å²) in [7, 11) is 1.51. The maximum atomic E-state index is 12.0. The van der Waals surface area contributed by atoms with Gasteiger partial charge in [-0.25, -0.2) is 4.79 Å². The van der Waals surface area contributed by atoms with Crippen molar-refractivity contribution in [3.8, 4) is 5.75 Å². The van der Waals surface area contributed by atoms with Gasteiger partial charge in [0.05, 0.1) is 25.9 Å². The van der Waals surface area contributed by atoms with Crippen LogP contribution in [0.1, 0.15) is 10.4 Å². The number of halogens is 1. The molecule has 0 aromatic heterocycles. The minimum Gasteiger partial charge on any atom is -0.497 e. The summed E-state index contributed by atoms with van der Waals surface area (Å²) >= 11 is 3.28. The molecule has 0 N–H and O–H groups in total. The fourth-order valence-corrected chi connectivity index (χ4v) is 2.31. The quantitative estimate of drug-likeness (QED) is 0.763. The number of amides is 1. The molecule has 1 aliphatic heterocycles. The summed E-state index contributed by atoms with van der Waals surface area (Å²) in [4.78, 5) is 25.5. The highest BCUT2D eigenvalue weighted by Gasteiger charge is 2.20. The fourth-order valence-electron chi connectivity index (χ4n) is 1.90. The lowest BCUT2D eigenvalue weighted by Crippen LogP contribution is -2.42. The van der Waals surface area contributed by atoms with Crippen LogP contribution in [0.15, 0.2) is 22.7 Å². The second kappa shape index (κ2) is 7.42. The van der Waals surface area contributed by atoms with Gasteiger partial charge in [-0.3, -0.25) is 4.79 Å². The molecule has 6 nitrogen and oxygen atoms in total. The van der Waals surface area contributed by atoms with Gasteiger partial charge in [-0.1, -0.05) is 0 Å². The van der Waals surface area contributed by atoms with E-state index in [0.717, 1.165) is 0 Å². The van der Waals surface area contributed by atoms with Crippen molar-refractivity contribution in [2.24, 2.45) is 0 Å². The minimum absolute atomic E-state index is 0.217. The molecule has 1 saturated heterocycles. The average molecular weight is 358 g/mol. The van der Waals surface area contributed by atoms with Gasteiger partial charge in [0.15, 0.2) is 6.61 Å². The summed E-state index contributed by atoms with van der Waals surface area (Å²) in [6, 6.07) is 4.98. The summed E-state index contributed by atoms with van der Waals surface area (Å²) in [5.41, 5.74) is 0.323. The second-order valence-corrected chi connectivity index (χ2v) is 5.27. The molecule has 0 aliphatic carbocycles. The van der Waals surface area contributed by atoms with Gasteiger partial charge in [0, 0.05) is 17.6 Å². The van der Waals surface area contributed by atoms with Crippen molar-refractivity contribution in [3.05, 3.63) is 28.2 Å². The van der Waals surface area contributed by atoms with Gasteiger partial charge in [0.25, 0.3) is 5.91 Å². The Labute approximate surface area is 131 Å². The molecular formula is C14H16BrNO5. The van der Waals surface area contributed by atoms with E-state index in [-0.39, 0.29) is 12.5 Å². The molecule has 0 atom stereocenters. The maximum absolute atomic E-state index is 12.0. The second-order valence-electron chi connectivity index (χ2n) is 4.42. The predicted molar refractivity (Wildman–Crippen MR) is 78.4 cm³/mol. The van der Waals surface area contributed by atoms with E-state index < -0.39 is 5.97 Å². The number of hydrogen-bond acceptors (Lipinski definition) is 5. The largest absolute Gasteiger partial charge is 0.497 e. The van der Waals surface area contributed by atoms with Crippen molar-refractivity contribution in [2.75, 3.05) is 40.0 Å². The van der Waals surface area contributed by atoms with Crippen LogP contribution < -0.4 is 4.74 Å². The Balaban J connectivity index is 1.93. The zero-order chi connectivity index (χ0) is 15.2. The molecule has 0 bridgehead atoms. The zero-order valence-electron chi connectivity index (χ0n) is 11.6. The number of hydrogen-bond donors (Lipinski definition) is 0. The highest BCUT2D eigenvalue weighted by molar-refractivity contribution is 9.10. The SMILES string of the molecule is COc1ccc(Br)c(C(=O)OCC(=O)N2CCOCC2)c1. The molecule has 2 rings (SSSR count). The van der Waals surface area contributed by atoms with E-state index in [0.29, 0.717) is 42.1 Å². The van der Waals surface area contributed by atoms with Crippen molar-refractivity contribution in [1.29, 1.82) is 0 Å². The Morgan fingerprint density at radius 1 is 1.33 bits per heavy atom. The Morgan fingerprint density at radius 3 is 2.71 bits per heavy atom. The van der Waals surface area contributed by atoms with Crippen molar-refractivity contribution < 1.29 is 23.8 Å². The van der Waals surface area contributed by atoms with E-state index in [4.69, 9.17) is 14.2 Å². The van der Waals surface area contributed by atoms with Crippen LogP contribution >= 0.6 is 15.9 Å². The highest BCUT2D eigenvalue weighted by Crippen LogP contribution is 2.23. The molecule has 1 heterocycles. The van der Waals surface area contributed by atoms with Crippen molar-refractivity contribution in [2.45, 2.75) is 0 Å². The molecule has 1 aromatic carbocycles. The van der Waals surface area contributed by atoms with E-state index in [1.54, 1.807) is 23.1 Å². The van der Waals surface area contributed by atoms with Crippen LogP contribution in [-0.4, -0.2) is 56.8 Å². The van der Waals surface area contributed by atoms with Gasteiger partial charge in [0.2, 0.25) is 0 Å². The summed E-state index contributed by atoms with van der Waals surface area (Å²) in [6.45, 7) is 1.81. The van der Waals surface area contributed by atoms with Crippen LogP contribution in [0.25, 0.3) is 0 Å². The predicted octanol–water partition coefficient (Wildman–Crippen LogP) is 1.47. The number of morpholine rings is 1. The normalized spacial score (nSPS) is 14.7. The Kier molecular flexibility index (Phi) is 5.58. The van der Waals surface area contributed by atoms with Crippen molar-refractivity contribution in [1.82, 2.24) is 4.90 Å². The summed E-state index contributed by atoms with van der Waals surface area (Å²) in [5.74, 6) is -0.238. The zero-order valence-corrected chi connectivity index (χ0v) is 13.2. The van der Waals surface area contributed by atoms with Gasteiger partial charge in [-0.2, -0.15) is 0 Å². The number of esters is 1. The van der Waals surface area contributed by atoms with Gasteiger partial charge in [-0.05, 0) is 34.1 Å². The molecule has 7 heteroatoms. The first-order valence-electron chi connectivity index (χ1n) is 6.48. The number of methoxy groups -OCH3 is 1. The van der Waals surface area contributed by atoms with Gasteiger partial charge >= 0.3 is 5.97 Å². The maximum Gasteiger partial charge on any atom is 0.339 e. The van der Waals surface area contributed by atoms with Crippen LogP contribution in [0.5, 0.6) is 5.75 Å². The molecule has 0 saturated carbocycles. The standard InChI is InChI=1S/C14H16BrNO5/c1-19-10-2-3-12(15)11(8-10)14(18)21-9-13(17)16-4-6-20-7-5-16/h2-3,8H,4-7,9H2,1H3. The first kappa shape index (κ1) is 15.8. The molecule has 21 heavy (non-hydrogen) atoms. The molecule has 114 valence electrons. The van der Waals surface area contributed by atoms with Crippen LogP contribution in [0, 0.1) is 0 Å². The Morgan fingerprint density at radius 2 is 2.05 bits per heavy atom. The van der Waals surface area contributed by atoms with E-state index in [1.165, 1.54) is 7.11 Å². The van der Waals surface area contributed by atoms with Gasteiger partial charge < -0.3 is 19.1 Å². The van der Waals surface area contributed by atoms with E-state index in [1.807, 2.05) is 0 Å². The van der Waals surface area contributed by atoms with Crippen LogP contribution in [-0.2, 0) is 14.3 Å². The number of nitrogens with zero attached hydrogens (tertiary/aromatic N) is 1. The van der Waals surface area contributed by atoms with Crippen LogP contribution in [0.2, 0.25) is 0 Å². The summed E-state index contributed by atoms with van der Waals surface area (Å²) < 4.78 is 15.9. The van der Waals surface area contributed by atoms with Crippen LogP contribution in [0.3, 0.4) is 0 Å². The van der Waals surface area contributed by atoms with E-state index in [9.17, 15) is 9.59 Å². The third-order valence-corrected chi connectivity index (χ3v) is 3.78. The Bertz CT molecular complexity index is 528. The molecule has 1 aromatic rings. The molecular weight excluding hydrogens is 342 g/mol. The van der Waals surface area contributed by atoms with E-state index >= 15 is 0 Å². The number of rotatable bonds is 4. The third-order valence-electron chi connectivity index (χ3n) is 3.08. The van der Waals surface area contributed by atoms with Crippen molar-refractivity contribution >= 4 is 27.8 Å². The molecule has 0 spiro atoms. The molecule has 0 unspecified atom stereocenters. The monoisotopic (exact) mass is 357 g/mol. The lowest BCUT2D eigenvalue weighted by Gasteiger charge is -2.26. The Hall–Kier alpha value is -1.60. The van der Waals surface area contributed by atoms with Gasteiger partial charge in [0.1, 0.15) is 5.75 Å². The number of ether oxygens (including phenoxy) is 3. The number of carbonyl (C=O) groups excluding carboxylic acids is 2. The van der Waals surface area contributed by atoms with Crippen molar-refractivity contribution in [3.63, 3.8) is 0 Å². The number of carbonyl (C=O) groups is 2. The lowest BCUT2D eigenvalue weighted by atomic mass is 10.2. The topological polar surface area (TPSA) is 65.1 Å². The third kappa shape index (κ3) is 4.18. The molecule has 1 amide bonds. The number of benzene rings is 1. The minimum atomic E-state index is -0.567. The fraction of sp³-hybridized carbons (Fsp3) is 0.429. The highest BCUT2D eigenvalue weighted by atomic mass is 79.9. The smallest absolute Gasteiger partial charge is 0.339 e. The lowest BCUT2D eigenvalue weighted by molar-refractivity contribution is -0.138. The average Bonchev–Trinajstić information content (AvgIpc) is 2.53. The molecule has 0 radical (unpaired) electrons. The molecule has 1 aliphatic rings. The first-order valence-corrected chi connectivity index (χ1v) is 7.27. The molecule has 1 fully saturated rings.